The third-order valence-electron chi connectivity index (χ3n) is 2.44. The Labute approximate surface area is 117 Å². The molecule has 0 radical (unpaired) electrons. The van der Waals surface area contributed by atoms with E-state index in [9.17, 15) is 28.1 Å². The fourth-order valence-electron chi connectivity index (χ4n) is 1.52. The summed E-state index contributed by atoms with van der Waals surface area (Å²) in [6.07, 6.45) is -4.66. The van der Waals surface area contributed by atoms with Crippen LogP contribution >= 0.6 is 0 Å². The zero-order valence-electron chi connectivity index (χ0n) is 11.2. The molecule has 0 aliphatic carbocycles. The Kier molecular flexibility index (Phi) is 5.12. The van der Waals surface area contributed by atoms with E-state index >= 15 is 0 Å². The first-order valence-electron chi connectivity index (χ1n) is 5.83. The summed E-state index contributed by atoms with van der Waals surface area (Å²) in [4.78, 5) is 21.0. The van der Waals surface area contributed by atoms with Crippen LogP contribution in [-0.2, 0) is 0 Å². The second-order valence-electron chi connectivity index (χ2n) is 3.95. The van der Waals surface area contributed by atoms with Crippen LogP contribution in [-0.4, -0.2) is 30.6 Å². The van der Waals surface area contributed by atoms with Gasteiger partial charge in [0.05, 0.1) is 24.7 Å². The van der Waals surface area contributed by atoms with E-state index < -0.39 is 28.1 Å². The van der Waals surface area contributed by atoms with Crippen molar-refractivity contribution in [1.29, 1.82) is 0 Å². The van der Waals surface area contributed by atoms with Gasteiger partial charge in [-0.15, -0.1) is 0 Å². The van der Waals surface area contributed by atoms with Crippen LogP contribution in [0.4, 0.5) is 18.9 Å². The summed E-state index contributed by atoms with van der Waals surface area (Å²) in [5.41, 5.74) is -2.07. The van der Waals surface area contributed by atoms with Gasteiger partial charge in [0, 0.05) is 6.07 Å². The molecule has 0 aliphatic heterocycles. The number of ether oxygens (including phenoxy) is 2. The van der Waals surface area contributed by atoms with Crippen molar-refractivity contribution in [2.45, 2.75) is 19.5 Å². The fraction of sp³-hybridized carbons (Fsp3) is 0.417. The minimum absolute atomic E-state index is 0.117. The molecule has 0 saturated carbocycles. The predicted molar refractivity (Wildman–Crippen MR) is 65.8 cm³/mol. The molecular weight excluding hydrogens is 295 g/mol. The van der Waals surface area contributed by atoms with Gasteiger partial charge in [-0.25, -0.2) is 0 Å². The van der Waals surface area contributed by atoms with Crippen molar-refractivity contribution in [3.8, 4) is 11.5 Å². The molecule has 0 N–H and O–H groups in total. The van der Waals surface area contributed by atoms with Crippen molar-refractivity contribution in [3.63, 3.8) is 0 Å². The quantitative estimate of drug-likeness (QED) is 0.458. The maximum atomic E-state index is 12.5. The van der Waals surface area contributed by atoms with Crippen molar-refractivity contribution in [1.82, 2.24) is 0 Å². The topological polar surface area (TPSA) is 78.7 Å². The number of benzene rings is 1. The molecule has 0 heterocycles. The second-order valence-corrected chi connectivity index (χ2v) is 3.95. The molecule has 0 fully saturated rings. The molecule has 116 valence electrons. The van der Waals surface area contributed by atoms with Crippen LogP contribution in [0.1, 0.15) is 23.7 Å². The summed E-state index contributed by atoms with van der Waals surface area (Å²) in [7, 11) is 1.18. The zero-order valence-corrected chi connectivity index (χ0v) is 11.2. The average Bonchev–Trinajstić information content (AvgIpc) is 2.42. The minimum Gasteiger partial charge on any atom is -0.493 e. The Balaban J connectivity index is 3.45. The van der Waals surface area contributed by atoms with Crippen molar-refractivity contribution in [2.75, 3.05) is 13.7 Å². The number of ketones is 1. The molecule has 0 spiro atoms. The molecule has 0 saturated heterocycles. The van der Waals surface area contributed by atoms with Crippen molar-refractivity contribution >= 4 is 11.5 Å². The van der Waals surface area contributed by atoms with Crippen LogP contribution in [0.2, 0.25) is 0 Å². The number of Topliss-reactive ketones (excluding diaryl/α,β-unsaturated/α-hetero) is 1. The van der Waals surface area contributed by atoms with E-state index in [0.29, 0.717) is 12.5 Å². The summed E-state index contributed by atoms with van der Waals surface area (Å²) in [5, 5.41) is 10.8. The number of carbonyl (C=O) groups is 1. The third-order valence-corrected chi connectivity index (χ3v) is 2.44. The third kappa shape index (κ3) is 3.83. The number of alkyl halides is 3. The number of carbonyl (C=O) groups excluding carboxylic acids is 1. The number of nitrogens with zero attached hydrogens (tertiary/aromatic N) is 1. The Bertz CT molecular complexity index is 557. The Morgan fingerprint density at radius 1 is 1.33 bits per heavy atom. The van der Waals surface area contributed by atoms with Gasteiger partial charge in [-0.1, -0.05) is 6.92 Å². The number of methoxy groups -OCH3 is 1. The molecule has 1 rings (SSSR count). The van der Waals surface area contributed by atoms with Crippen molar-refractivity contribution in [3.05, 3.63) is 27.8 Å². The molecule has 0 bridgehead atoms. The molecule has 6 nitrogen and oxygen atoms in total. The van der Waals surface area contributed by atoms with Gasteiger partial charge in [0.25, 0.3) is 11.5 Å². The smallest absolute Gasteiger partial charge is 0.455 e. The van der Waals surface area contributed by atoms with Crippen LogP contribution in [0.3, 0.4) is 0 Å². The van der Waals surface area contributed by atoms with E-state index in [1.165, 1.54) is 7.11 Å². The lowest BCUT2D eigenvalue weighted by molar-refractivity contribution is -0.385. The first-order valence-corrected chi connectivity index (χ1v) is 5.83. The Morgan fingerprint density at radius 2 is 1.95 bits per heavy atom. The van der Waals surface area contributed by atoms with Crippen LogP contribution in [0.5, 0.6) is 11.5 Å². The normalized spacial score (nSPS) is 11.1. The van der Waals surface area contributed by atoms with E-state index in [1.54, 1.807) is 6.92 Å². The summed E-state index contributed by atoms with van der Waals surface area (Å²) < 4.78 is 47.5. The summed E-state index contributed by atoms with van der Waals surface area (Å²) in [6, 6.07) is 1.42. The van der Waals surface area contributed by atoms with Crippen LogP contribution in [0.25, 0.3) is 0 Å². The second kappa shape index (κ2) is 6.42. The molecule has 0 atom stereocenters. The van der Waals surface area contributed by atoms with Gasteiger partial charge in [-0.05, 0) is 6.42 Å². The van der Waals surface area contributed by atoms with E-state index in [4.69, 9.17) is 9.47 Å². The average molecular weight is 307 g/mol. The molecule has 0 unspecified atom stereocenters. The number of rotatable bonds is 6. The Hall–Kier alpha value is -2.32. The highest BCUT2D eigenvalue weighted by Crippen LogP contribution is 2.37. The van der Waals surface area contributed by atoms with Gasteiger partial charge in [0.1, 0.15) is 5.56 Å². The van der Waals surface area contributed by atoms with Crippen molar-refractivity contribution < 1.29 is 32.4 Å². The van der Waals surface area contributed by atoms with Crippen molar-refractivity contribution in [2.24, 2.45) is 0 Å². The highest BCUT2D eigenvalue weighted by atomic mass is 19.4. The maximum Gasteiger partial charge on any atom is 0.455 e. The lowest BCUT2D eigenvalue weighted by atomic mass is 10.1. The van der Waals surface area contributed by atoms with Gasteiger partial charge < -0.3 is 9.47 Å². The first-order chi connectivity index (χ1) is 9.72. The largest absolute Gasteiger partial charge is 0.493 e. The molecule has 9 heteroatoms. The van der Waals surface area contributed by atoms with E-state index in [1.807, 2.05) is 0 Å². The Morgan fingerprint density at radius 3 is 2.38 bits per heavy atom. The number of nitro groups is 1. The van der Waals surface area contributed by atoms with E-state index in [0.717, 1.165) is 6.07 Å². The lowest BCUT2D eigenvalue weighted by Crippen LogP contribution is -2.23. The highest BCUT2D eigenvalue weighted by molar-refractivity contribution is 6.04. The van der Waals surface area contributed by atoms with Gasteiger partial charge in [-0.3, -0.25) is 14.9 Å². The summed E-state index contributed by atoms with van der Waals surface area (Å²) in [6.45, 7) is 1.92. The molecule has 0 amide bonds. The molecular formula is C12H12F3NO5. The molecule has 0 aromatic heterocycles. The lowest BCUT2D eigenvalue weighted by Gasteiger charge is -2.12. The predicted octanol–water partition coefficient (Wildman–Crippen LogP) is 3.14. The van der Waals surface area contributed by atoms with Gasteiger partial charge in [0.2, 0.25) is 0 Å². The summed E-state index contributed by atoms with van der Waals surface area (Å²) in [5.74, 6) is -2.58. The van der Waals surface area contributed by atoms with Crippen LogP contribution in [0.15, 0.2) is 12.1 Å². The first kappa shape index (κ1) is 16.7. The number of hydrogen-bond donors (Lipinski definition) is 0. The van der Waals surface area contributed by atoms with E-state index in [2.05, 4.69) is 0 Å². The van der Waals surface area contributed by atoms with Crippen LogP contribution < -0.4 is 9.47 Å². The molecule has 1 aromatic carbocycles. The standard InChI is InChI=1S/C12H12F3NO5/c1-3-4-21-10-5-7(11(17)12(13,14)15)8(16(18)19)6-9(10)20-2/h5-6H,3-4H2,1-2H3. The fourth-order valence-corrected chi connectivity index (χ4v) is 1.52. The van der Waals surface area contributed by atoms with E-state index in [-0.39, 0.29) is 18.1 Å². The minimum atomic E-state index is -5.22. The molecule has 21 heavy (non-hydrogen) atoms. The number of hydrogen-bond acceptors (Lipinski definition) is 5. The molecule has 0 aliphatic rings. The van der Waals surface area contributed by atoms with Gasteiger partial charge >= 0.3 is 6.18 Å². The van der Waals surface area contributed by atoms with Gasteiger partial charge in [-0.2, -0.15) is 13.2 Å². The van der Waals surface area contributed by atoms with Crippen LogP contribution in [0, 0.1) is 10.1 Å². The number of halogens is 3. The zero-order chi connectivity index (χ0) is 16.2. The maximum absolute atomic E-state index is 12.5. The monoisotopic (exact) mass is 307 g/mol. The van der Waals surface area contributed by atoms with Gasteiger partial charge in [0.15, 0.2) is 11.5 Å². The summed E-state index contributed by atoms with van der Waals surface area (Å²) >= 11 is 0. The highest BCUT2D eigenvalue weighted by Gasteiger charge is 2.43. The number of nitro benzene ring substituents is 1. The molecule has 1 aromatic rings. The SMILES string of the molecule is CCCOc1cc(C(=O)C(F)(F)F)c([N+](=O)[O-])cc1OC.